The van der Waals surface area contributed by atoms with Crippen LogP contribution < -0.4 is 0 Å². The normalized spacial score (nSPS) is 31.8. The van der Waals surface area contributed by atoms with E-state index in [0.717, 1.165) is 25.2 Å². The van der Waals surface area contributed by atoms with Crippen molar-refractivity contribution in [1.82, 2.24) is 0 Å². The van der Waals surface area contributed by atoms with Gasteiger partial charge in [-0.2, -0.15) is 0 Å². The first-order valence-corrected chi connectivity index (χ1v) is 12.4. The predicted octanol–water partition coefficient (Wildman–Crippen LogP) is 6.02. The molecular weight excluding hydrogens is 416 g/mol. The number of phenols is 1. The molecule has 3 aliphatic rings. The highest BCUT2D eigenvalue weighted by Gasteiger charge is 2.61. The van der Waals surface area contributed by atoms with E-state index in [1.807, 2.05) is 0 Å². The van der Waals surface area contributed by atoms with Gasteiger partial charge in [-0.3, -0.25) is 4.79 Å². The third kappa shape index (κ3) is 5.98. The highest BCUT2D eigenvalue weighted by atomic mass is 16.5. The molecule has 3 aliphatic carbocycles. The van der Waals surface area contributed by atoms with Crippen molar-refractivity contribution in [3.8, 4) is 5.75 Å². The van der Waals surface area contributed by atoms with Crippen molar-refractivity contribution >= 4 is 11.8 Å². The quantitative estimate of drug-likeness (QED) is 0.527. The van der Waals surface area contributed by atoms with E-state index in [-0.39, 0.29) is 28.2 Å². The lowest BCUT2D eigenvalue weighted by atomic mass is 9.70. The molecule has 3 saturated carbocycles. The lowest BCUT2D eigenvalue weighted by Gasteiger charge is -2.33. The van der Waals surface area contributed by atoms with Crippen molar-refractivity contribution in [2.45, 2.75) is 86.2 Å². The molecule has 3 unspecified atom stereocenters. The number of fused-ring (bicyclic) bond motifs is 2. The van der Waals surface area contributed by atoms with Crippen molar-refractivity contribution in [2.75, 3.05) is 7.11 Å². The molecule has 1 aromatic carbocycles. The molecule has 5 nitrogen and oxygen atoms in total. The van der Waals surface area contributed by atoms with Crippen molar-refractivity contribution in [1.29, 1.82) is 0 Å². The maximum absolute atomic E-state index is 11.6. The Bertz CT molecular complexity index is 814. The van der Waals surface area contributed by atoms with Crippen LogP contribution in [0.2, 0.25) is 0 Å². The maximum atomic E-state index is 11.6. The SMILES string of the molecule is CC1(C)[C@@H]2CC[C@@]1(C)C(=O)C2.CC1CCC(C(C)C)C(O)C1.COC(=O)c1ccccc1O. The Morgan fingerprint density at radius 2 is 1.76 bits per heavy atom. The summed E-state index contributed by atoms with van der Waals surface area (Å²) in [5.41, 5.74) is 0.497. The molecule has 0 amide bonds. The number of aliphatic hydroxyl groups is 1. The van der Waals surface area contributed by atoms with Gasteiger partial charge in [0.1, 0.15) is 17.1 Å². The van der Waals surface area contributed by atoms with Crippen LogP contribution in [0.25, 0.3) is 0 Å². The predicted molar refractivity (Wildman–Crippen MR) is 131 cm³/mol. The summed E-state index contributed by atoms with van der Waals surface area (Å²) in [6.45, 7) is 13.3. The number of benzene rings is 1. The van der Waals surface area contributed by atoms with Gasteiger partial charge in [-0.25, -0.2) is 4.79 Å². The summed E-state index contributed by atoms with van der Waals surface area (Å²) >= 11 is 0. The van der Waals surface area contributed by atoms with Crippen molar-refractivity contribution in [3.63, 3.8) is 0 Å². The van der Waals surface area contributed by atoms with Gasteiger partial charge in [-0.15, -0.1) is 0 Å². The lowest BCUT2D eigenvalue weighted by molar-refractivity contribution is -0.128. The van der Waals surface area contributed by atoms with Crippen LogP contribution >= 0.6 is 0 Å². The molecule has 4 rings (SSSR count). The fourth-order valence-electron chi connectivity index (χ4n) is 5.81. The number of hydrogen-bond donors (Lipinski definition) is 2. The molecular formula is C28H44O5. The first kappa shape index (κ1) is 27.4. The molecule has 5 atom stereocenters. The Hall–Kier alpha value is -1.88. The molecule has 2 bridgehead atoms. The molecule has 3 fully saturated rings. The zero-order chi connectivity index (χ0) is 25.0. The largest absolute Gasteiger partial charge is 0.507 e. The van der Waals surface area contributed by atoms with E-state index in [4.69, 9.17) is 5.11 Å². The summed E-state index contributed by atoms with van der Waals surface area (Å²) in [5.74, 6) is 2.56. The average molecular weight is 461 g/mol. The van der Waals surface area contributed by atoms with Crippen LogP contribution in [-0.4, -0.2) is 35.2 Å². The fourth-order valence-corrected chi connectivity index (χ4v) is 5.81. The molecule has 5 heteroatoms. The number of ketones is 1. The first-order chi connectivity index (χ1) is 15.3. The van der Waals surface area contributed by atoms with E-state index >= 15 is 0 Å². The summed E-state index contributed by atoms with van der Waals surface area (Å²) in [6.07, 6.45) is 6.77. The molecule has 1 aromatic rings. The van der Waals surface area contributed by atoms with Crippen LogP contribution in [0.5, 0.6) is 5.75 Å². The first-order valence-electron chi connectivity index (χ1n) is 12.4. The zero-order valence-corrected chi connectivity index (χ0v) is 21.6. The highest BCUT2D eigenvalue weighted by Crippen LogP contribution is 2.63. The van der Waals surface area contributed by atoms with E-state index in [9.17, 15) is 14.7 Å². The Morgan fingerprint density at radius 3 is 2.15 bits per heavy atom. The van der Waals surface area contributed by atoms with Gasteiger partial charge in [0.05, 0.1) is 13.2 Å². The Morgan fingerprint density at radius 1 is 1.12 bits per heavy atom. The number of esters is 1. The van der Waals surface area contributed by atoms with Gasteiger partial charge in [0.25, 0.3) is 0 Å². The number of aromatic hydroxyl groups is 1. The number of ether oxygens (including phenoxy) is 1. The number of aliphatic hydroxyl groups excluding tert-OH is 1. The van der Waals surface area contributed by atoms with Gasteiger partial charge in [-0.1, -0.05) is 60.1 Å². The second kappa shape index (κ2) is 11.0. The van der Waals surface area contributed by atoms with Crippen LogP contribution in [0.15, 0.2) is 24.3 Å². The molecule has 0 radical (unpaired) electrons. The van der Waals surface area contributed by atoms with Gasteiger partial charge >= 0.3 is 5.97 Å². The molecule has 0 aromatic heterocycles. The molecule has 0 aliphatic heterocycles. The Kier molecular flexibility index (Phi) is 9.15. The monoisotopic (exact) mass is 460 g/mol. The van der Waals surface area contributed by atoms with Crippen LogP contribution in [0.4, 0.5) is 0 Å². The average Bonchev–Trinajstić information content (AvgIpc) is 3.07. The minimum absolute atomic E-state index is 0.0255. The minimum atomic E-state index is -0.525. The number of phenolic OH excluding ortho intramolecular Hbond substituents is 1. The maximum Gasteiger partial charge on any atom is 0.341 e. The molecule has 0 spiro atoms. The van der Waals surface area contributed by atoms with Crippen molar-refractivity contribution < 1.29 is 24.5 Å². The fraction of sp³-hybridized carbons (Fsp3) is 0.714. The zero-order valence-electron chi connectivity index (χ0n) is 21.6. The van der Waals surface area contributed by atoms with E-state index in [0.29, 0.717) is 23.5 Å². The van der Waals surface area contributed by atoms with Crippen LogP contribution in [0, 0.1) is 34.5 Å². The number of methoxy groups -OCH3 is 1. The van der Waals surface area contributed by atoms with E-state index < -0.39 is 5.97 Å². The number of Topliss-reactive ketones (excluding diaryl/α,β-unsaturated/α-hetero) is 1. The number of hydrogen-bond acceptors (Lipinski definition) is 5. The summed E-state index contributed by atoms with van der Waals surface area (Å²) in [4.78, 5) is 22.4. The molecule has 0 heterocycles. The third-order valence-corrected chi connectivity index (χ3v) is 8.78. The summed E-state index contributed by atoms with van der Waals surface area (Å²) in [6, 6.07) is 6.24. The minimum Gasteiger partial charge on any atom is -0.507 e. The number of carbonyl (C=O) groups excluding carboxylic acids is 2. The van der Waals surface area contributed by atoms with Crippen molar-refractivity contribution in [3.05, 3.63) is 29.8 Å². The van der Waals surface area contributed by atoms with E-state index in [2.05, 4.69) is 46.3 Å². The van der Waals surface area contributed by atoms with Gasteiger partial charge in [-0.05, 0) is 66.9 Å². The van der Waals surface area contributed by atoms with Gasteiger partial charge in [0.15, 0.2) is 0 Å². The van der Waals surface area contributed by atoms with Gasteiger partial charge < -0.3 is 14.9 Å². The number of rotatable bonds is 2. The second-order valence-corrected chi connectivity index (χ2v) is 11.3. The third-order valence-electron chi connectivity index (χ3n) is 8.78. The second-order valence-electron chi connectivity index (χ2n) is 11.3. The van der Waals surface area contributed by atoms with Crippen LogP contribution in [0.1, 0.15) is 90.4 Å². The smallest absolute Gasteiger partial charge is 0.341 e. The van der Waals surface area contributed by atoms with E-state index in [1.165, 1.54) is 38.5 Å². The van der Waals surface area contributed by atoms with Gasteiger partial charge in [0, 0.05) is 11.8 Å². The standard InChI is InChI=1S/C10H16O.C10H20O.C8H8O3/c1-9(2)7-4-5-10(9,3)8(11)6-7;1-7(2)9-5-4-8(3)6-10(9)11;1-11-8(10)6-4-2-3-5-7(6)9/h7H,4-6H2,1-3H3;7-11H,4-6H2,1-3H3;2-5,9H,1H3/t7-,10+;;/m1../s1. The van der Waals surface area contributed by atoms with Crippen LogP contribution in [-0.2, 0) is 9.53 Å². The Balaban J connectivity index is 0.000000175. The van der Waals surface area contributed by atoms with E-state index in [1.54, 1.807) is 12.1 Å². The topological polar surface area (TPSA) is 83.8 Å². The molecule has 186 valence electrons. The van der Waals surface area contributed by atoms with Gasteiger partial charge in [0.2, 0.25) is 0 Å². The summed E-state index contributed by atoms with van der Waals surface area (Å²) in [5, 5.41) is 18.8. The Labute approximate surface area is 199 Å². The van der Waals surface area contributed by atoms with Crippen LogP contribution in [0.3, 0.4) is 0 Å². The molecule has 2 N–H and O–H groups in total. The van der Waals surface area contributed by atoms with Crippen molar-refractivity contribution in [2.24, 2.45) is 34.5 Å². The number of carbonyl (C=O) groups is 2. The molecule has 0 saturated heterocycles. The number of para-hydroxylation sites is 1. The lowest BCUT2D eigenvalue weighted by Crippen LogP contribution is -2.32. The highest BCUT2D eigenvalue weighted by molar-refractivity contribution is 5.92. The summed E-state index contributed by atoms with van der Waals surface area (Å²) < 4.78 is 4.42. The summed E-state index contributed by atoms with van der Waals surface area (Å²) in [7, 11) is 1.27. The molecule has 33 heavy (non-hydrogen) atoms.